The van der Waals surface area contributed by atoms with E-state index in [9.17, 15) is 0 Å². The SMILES string of the molecule is CCOC(C[C@@H](/C=C/C[C@H](CC1SCCCS1)O[Si](C)(C)C(C)(C)C)O[Si](C)(C)C(C)(C)C)OCC. The molecule has 0 aromatic rings. The van der Waals surface area contributed by atoms with Crippen LogP contribution in [0.2, 0.25) is 36.3 Å². The van der Waals surface area contributed by atoms with Gasteiger partial charge in [0.2, 0.25) is 0 Å². The quantitative estimate of drug-likeness (QED) is 0.110. The van der Waals surface area contributed by atoms with Crippen molar-refractivity contribution in [2.75, 3.05) is 24.7 Å². The summed E-state index contributed by atoms with van der Waals surface area (Å²) in [6, 6.07) is 0. The molecule has 214 valence electrons. The van der Waals surface area contributed by atoms with Gasteiger partial charge < -0.3 is 18.3 Å². The first-order valence-electron chi connectivity index (χ1n) is 14.0. The van der Waals surface area contributed by atoms with Gasteiger partial charge in [-0.05, 0) is 80.9 Å². The van der Waals surface area contributed by atoms with E-state index in [1.807, 2.05) is 13.8 Å². The van der Waals surface area contributed by atoms with Crippen molar-refractivity contribution < 1.29 is 18.3 Å². The molecule has 1 heterocycles. The predicted molar refractivity (Wildman–Crippen MR) is 167 cm³/mol. The molecule has 1 saturated heterocycles. The maximum absolute atomic E-state index is 6.98. The maximum Gasteiger partial charge on any atom is 0.192 e. The second-order valence-electron chi connectivity index (χ2n) is 12.9. The van der Waals surface area contributed by atoms with Gasteiger partial charge in [0.05, 0.1) is 16.8 Å². The summed E-state index contributed by atoms with van der Waals surface area (Å²) < 4.78 is 26.3. The monoisotopic (exact) mass is 578 g/mol. The topological polar surface area (TPSA) is 36.9 Å². The molecular formula is C28H58O4S2Si2. The van der Waals surface area contributed by atoms with Crippen molar-refractivity contribution in [1.82, 2.24) is 0 Å². The molecule has 0 bridgehead atoms. The van der Waals surface area contributed by atoms with E-state index in [2.05, 4.69) is 103 Å². The molecule has 0 aromatic heterocycles. The summed E-state index contributed by atoms with van der Waals surface area (Å²) in [6.45, 7) is 28.6. The van der Waals surface area contributed by atoms with Gasteiger partial charge in [-0.3, -0.25) is 0 Å². The van der Waals surface area contributed by atoms with E-state index in [0.29, 0.717) is 24.2 Å². The number of rotatable bonds is 15. The van der Waals surface area contributed by atoms with E-state index in [4.69, 9.17) is 18.3 Å². The van der Waals surface area contributed by atoms with Gasteiger partial charge in [0.15, 0.2) is 22.9 Å². The normalized spacial score (nSPS) is 18.8. The molecule has 0 aliphatic carbocycles. The molecule has 0 spiro atoms. The van der Waals surface area contributed by atoms with E-state index in [1.165, 1.54) is 17.9 Å². The predicted octanol–water partition coefficient (Wildman–Crippen LogP) is 9.09. The van der Waals surface area contributed by atoms with Crippen LogP contribution in [-0.2, 0) is 18.3 Å². The second-order valence-corrected chi connectivity index (χ2v) is 25.3. The third-order valence-electron chi connectivity index (χ3n) is 7.75. The molecule has 0 saturated carbocycles. The van der Waals surface area contributed by atoms with E-state index in [1.54, 1.807) is 0 Å². The fourth-order valence-electron chi connectivity index (χ4n) is 3.52. The molecule has 0 aromatic carbocycles. The summed E-state index contributed by atoms with van der Waals surface area (Å²) in [5.41, 5.74) is 0. The van der Waals surface area contributed by atoms with Crippen LogP contribution >= 0.6 is 23.5 Å². The Kier molecular flexibility index (Phi) is 14.9. The summed E-state index contributed by atoms with van der Waals surface area (Å²) in [5, 5.41) is 0.354. The van der Waals surface area contributed by atoms with Gasteiger partial charge in [0, 0.05) is 19.6 Å². The smallest absolute Gasteiger partial charge is 0.192 e. The highest BCUT2D eigenvalue weighted by Crippen LogP contribution is 2.41. The highest BCUT2D eigenvalue weighted by atomic mass is 32.2. The van der Waals surface area contributed by atoms with Crippen molar-refractivity contribution in [3.8, 4) is 0 Å². The maximum atomic E-state index is 6.98. The Morgan fingerprint density at radius 3 is 1.81 bits per heavy atom. The molecule has 0 radical (unpaired) electrons. The zero-order valence-electron chi connectivity index (χ0n) is 25.6. The largest absolute Gasteiger partial charge is 0.414 e. The molecule has 1 rings (SSSR count). The second kappa shape index (κ2) is 15.5. The minimum Gasteiger partial charge on any atom is -0.414 e. The summed E-state index contributed by atoms with van der Waals surface area (Å²) in [6.07, 6.45) is 8.65. The number of hydrogen-bond acceptors (Lipinski definition) is 6. The first kappa shape index (κ1) is 34.7. The van der Waals surface area contributed by atoms with Crippen LogP contribution in [-0.4, -0.2) is 64.4 Å². The molecule has 1 fully saturated rings. The number of thioether (sulfide) groups is 2. The molecule has 36 heavy (non-hydrogen) atoms. The molecule has 1 aliphatic rings. The van der Waals surface area contributed by atoms with E-state index >= 15 is 0 Å². The van der Waals surface area contributed by atoms with Crippen LogP contribution < -0.4 is 0 Å². The van der Waals surface area contributed by atoms with Crippen LogP contribution in [0, 0.1) is 0 Å². The highest BCUT2D eigenvalue weighted by molar-refractivity contribution is 8.17. The van der Waals surface area contributed by atoms with Crippen molar-refractivity contribution in [3.63, 3.8) is 0 Å². The highest BCUT2D eigenvalue weighted by Gasteiger charge is 2.40. The number of hydrogen-bond donors (Lipinski definition) is 0. The van der Waals surface area contributed by atoms with Gasteiger partial charge >= 0.3 is 0 Å². The lowest BCUT2D eigenvalue weighted by atomic mass is 10.1. The van der Waals surface area contributed by atoms with Gasteiger partial charge in [0.25, 0.3) is 0 Å². The molecule has 4 nitrogen and oxygen atoms in total. The van der Waals surface area contributed by atoms with Gasteiger partial charge in [-0.15, -0.1) is 23.5 Å². The Balaban J connectivity index is 3.07. The van der Waals surface area contributed by atoms with Crippen molar-refractivity contribution >= 4 is 40.2 Å². The Morgan fingerprint density at radius 1 is 0.833 bits per heavy atom. The molecule has 1 aliphatic heterocycles. The third kappa shape index (κ3) is 12.3. The van der Waals surface area contributed by atoms with Crippen molar-refractivity contribution in [1.29, 1.82) is 0 Å². The lowest BCUT2D eigenvalue weighted by molar-refractivity contribution is -0.148. The van der Waals surface area contributed by atoms with Crippen molar-refractivity contribution in [3.05, 3.63) is 12.2 Å². The minimum atomic E-state index is -1.95. The van der Waals surface area contributed by atoms with E-state index in [-0.39, 0.29) is 28.6 Å². The molecule has 0 amide bonds. The Bertz CT molecular complexity index is 632. The number of ether oxygens (including phenoxy) is 2. The average Bonchev–Trinajstić information content (AvgIpc) is 2.72. The van der Waals surface area contributed by atoms with E-state index in [0.717, 1.165) is 12.8 Å². The third-order valence-corrected chi connectivity index (χ3v) is 19.8. The summed E-state index contributed by atoms with van der Waals surface area (Å²) >= 11 is 4.23. The fourth-order valence-corrected chi connectivity index (χ4v) is 9.18. The van der Waals surface area contributed by atoms with Gasteiger partial charge in [-0.2, -0.15) is 0 Å². The molecule has 0 N–H and O–H groups in total. The van der Waals surface area contributed by atoms with Crippen LogP contribution in [0.4, 0.5) is 0 Å². The average molecular weight is 579 g/mol. The molecule has 8 heteroatoms. The van der Waals surface area contributed by atoms with E-state index < -0.39 is 16.6 Å². The van der Waals surface area contributed by atoms with Crippen LogP contribution in [0.15, 0.2) is 12.2 Å². The van der Waals surface area contributed by atoms with Crippen LogP contribution in [0.5, 0.6) is 0 Å². The first-order chi connectivity index (χ1) is 16.5. The molecular weight excluding hydrogens is 521 g/mol. The van der Waals surface area contributed by atoms with Crippen molar-refractivity contribution in [2.24, 2.45) is 0 Å². The Morgan fingerprint density at radius 2 is 1.33 bits per heavy atom. The minimum absolute atomic E-state index is 0.0269. The Hall–Kier alpha value is 0.714. The Labute approximate surface area is 235 Å². The van der Waals surface area contributed by atoms with Gasteiger partial charge in [-0.1, -0.05) is 53.7 Å². The summed E-state index contributed by atoms with van der Waals surface area (Å²) in [7, 11) is -3.81. The zero-order valence-corrected chi connectivity index (χ0v) is 29.2. The van der Waals surface area contributed by atoms with Crippen molar-refractivity contribution in [2.45, 2.75) is 140 Å². The van der Waals surface area contributed by atoms with Gasteiger partial charge in [-0.25, -0.2) is 0 Å². The summed E-state index contributed by atoms with van der Waals surface area (Å²) in [5.74, 6) is 2.55. The van der Waals surface area contributed by atoms with Gasteiger partial charge in [0.1, 0.15) is 0 Å². The lowest BCUT2D eigenvalue weighted by Gasteiger charge is -2.40. The van der Waals surface area contributed by atoms with Crippen LogP contribution in [0.1, 0.15) is 81.1 Å². The lowest BCUT2D eigenvalue weighted by Crippen LogP contribution is -2.45. The van der Waals surface area contributed by atoms with Crippen LogP contribution in [0.3, 0.4) is 0 Å². The summed E-state index contributed by atoms with van der Waals surface area (Å²) in [4.78, 5) is 0. The van der Waals surface area contributed by atoms with Crippen LogP contribution in [0.25, 0.3) is 0 Å². The standard InChI is InChI=1S/C28H58O4S2Si2/c1-13-29-25(30-14-2)21-23(31-35(9,10)27(3,4)5)17-15-18-24(22-26-33-19-16-20-34-26)32-36(11,12)28(6,7)8/h15,17,23-26H,13-14,16,18-22H2,1-12H3/b17-15+/t23-,24-/m1/s1. The molecule has 2 atom stereocenters. The first-order valence-corrected chi connectivity index (χ1v) is 21.9. The zero-order chi connectivity index (χ0) is 27.6. The fraction of sp³-hybridized carbons (Fsp3) is 0.929. The molecule has 0 unspecified atom stereocenters.